The smallest absolute Gasteiger partial charge is 0.306 e. The first-order chi connectivity index (χ1) is 14.5. The number of nitrogens with zero attached hydrogens (tertiary/aromatic N) is 3. The first-order valence-electron chi connectivity index (χ1n) is 10.0. The lowest BCUT2D eigenvalue weighted by atomic mass is 10.0. The second-order valence-electron chi connectivity index (χ2n) is 7.50. The molecule has 30 heavy (non-hydrogen) atoms. The van der Waals surface area contributed by atoms with Gasteiger partial charge in [-0.1, -0.05) is 48.3 Å². The second kappa shape index (κ2) is 8.41. The van der Waals surface area contributed by atoms with Crippen LogP contribution in [0.25, 0.3) is 28.2 Å². The summed E-state index contributed by atoms with van der Waals surface area (Å²) >= 11 is 0. The van der Waals surface area contributed by atoms with Crippen LogP contribution in [0.3, 0.4) is 0 Å². The molecule has 0 atom stereocenters. The van der Waals surface area contributed by atoms with Gasteiger partial charge in [0, 0.05) is 23.6 Å². The average Bonchev–Trinajstić information content (AvgIpc) is 3.48. The Morgan fingerprint density at radius 3 is 2.53 bits per heavy atom. The highest BCUT2D eigenvalue weighted by atomic mass is 16.5. The van der Waals surface area contributed by atoms with E-state index in [1.807, 2.05) is 66.2 Å². The molecule has 3 aromatic heterocycles. The Hall–Kier alpha value is -3.61. The third-order valence-electron chi connectivity index (χ3n) is 5.34. The number of aromatic nitrogens is 3. The molecule has 0 saturated heterocycles. The number of nitrogens with two attached hydrogens (primary N) is 1. The third kappa shape index (κ3) is 4.05. The number of nitrogen functional groups attached to an aromatic ring is 1. The van der Waals surface area contributed by atoms with E-state index in [0.717, 1.165) is 59.6 Å². The van der Waals surface area contributed by atoms with Gasteiger partial charge in [0.05, 0.1) is 17.2 Å². The summed E-state index contributed by atoms with van der Waals surface area (Å²) in [5, 5.41) is 12.6. The van der Waals surface area contributed by atoms with E-state index in [0.29, 0.717) is 5.69 Å². The lowest BCUT2D eigenvalue weighted by molar-refractivity contribution is -0.141. The Morgan fingerprint density at radius 1 is 1.13 bits per heavy atom. The van der Waals surface area contributed by atoms with Crippen molar-refractivity contribution in [1.29, 1.82) is 0 Å². The number of carboxylic acid groups (broad SMARTS) is 1. The highest BCUT2D eigenvalue weighted by Gasteiger charge is 2.21. The molecule has 0 bridgehead atoms. The van der Waals surface area contributed by atoms with Crippen molar-refractivity contribution in [3.05, 3.63) is 60.6 Å². The van der Waals surface area contributed by atoms with E-state index in [-0.39, 0.29) is 5.92 Å². The number of anilines is 1. The molecule has 1 aliphatic carbocycles. The number of aliphatic carboxylic acids is 1. The van der Waals surface area contributed by atoms with E-state index in [1.54, 1.807) is 0 Å². The van der Waals surface area contributed by atoms with Crippen molar-refractivity contribution >= 4 is 17.3 Å². The number of hydrogen-bond acceptors (Lipinski definition) is 5. The number of carboxylic acids is 1. The van der Waals surface area contributed by atoms with Crippen LogP contribution in [0.15, 0.2) is 59.4 Å². The molecule has 0 spiro atoms. The maximum absolute atomic E-state index is 10.2. The van der Waals surface area contributed by atoms with Gasteiger partial charge in [0.15, 0.2) is 0 Å². The zero-order valence-electron chi connectivity index (χ0n) is 16.8. The van der Waals surface area contributed by atoms with Crippen molar-refractivity contribution in [2.24, 2.45) is 5.92 Å². The van der Waals surface area contributed by atoms with Gasteiger partial charge < -0.3 is 19.8 Å². The molecule has 5 rings (SSSR count). The van der Waals surface area contributed by atoms with Gasteiger partial charge in [-0.2, -0.15) is 0 Å². The van der Waals surface area contributed by atoms with Crippen molar-refractivity contribution in [3.63, 3.8) is 0 Å². The minimum atomic E-state index is -0.609. The lowest BCUT2D eigenvalue weighted by Crippen LogP contribution is -2.07. The molecule has 1 saturated carbocycles. The molecule has 3 N–H and O–H groups in total. The van der Waals surface area contributed by atoms with E-state index >= 15 is 0 Å². The number of rotatable bonds is 3. The van der Waals surface area contributed by atoms with Crippen LogP contribution in [0.4, 0.5) is 5.69 Å². The Labute approximate surface area is 174 Å². The van der Waals surface area contributed by atoms with Crippen molar-refractivity contribution in [2.75, 3.05) is 5.73 Å². The number of benzene rings is 1. The SMILES string of the molecule is Cc1onc(-c2ccccc2)c1-c1cn2cc(N)ccc2n1.O=C(O)C1CCCC1. The summed E-state index contributed by atoms with van der Waals surface area (Å²) in [5.41, 5.74) is 10.9. The predicted molar refractivity (Wildman–Crippen MR) is 115 cm³/mol. The second-order valence-corrected chi connectivity index (χ2v) is 7.50. The minimum absolute atomic E-state index is 0.0185. The molecule has 154 valence electrons. The molecule has 0 amide bonds. The van der Waals surface area contributed by atoms with Gasteiger partial charge in [-0.25, -0.2) is 4.98 Å². The molecule has 7 nitrogen and oxygen atoms in total. The van der Waals surface area contributed by atoms with Crippen LogP contribution in [-0.2, 0) is 4.79 Å². The molecule has 3 heterocycles. The molecule has 0 radical (unpaired) electrons. The highest BCUT2D eigenvalue weighted by Crippen LogP contribution is 2.33. The van der Waals surface area contributed by atoms with Crippen LogP contribution in [0.2, 0.25) is 0 Å². The number of hydrogen-bond donors (Lipinski definition) is 2. The molecule has 7 heteroatoms. The Bertz CT molecular complexity index is 1160. The molecular weight excluding hydrogens is 380 g/mol. The Kier molecular flexibility index (Phi) is 5.52. The molecule has 4 aromatic rings. The third-order valence-corrected chi connectivity index (χ3v) is 5.34. The van der Waals surface area contributed by atoms with E-state index < -0.39 is 5.97 Å². The summed E-state index contributed by atoms with van der Waals surface area (Å²) in [6, 6.07) is 13.7. The van der Waals surface area contributed by atoms with Gasteiger partial charge in [-0.15, -0.1) is 0 Å². The van der Waals surface area contributed by atoms with Crippen LogP contribution in [0, 0.1) is 12.8 Å². The van der Waals surface area contributed by atoms with Crippen molar-refractivity contribution in [3.8, 4) is 22.5 Å². The Balaban J connectivity index is 0.000000230. The van der Waals surface area contributed by atoms with Crippen LogP contribution >= 0.6 is 0 Å². The maximum Gasteiger partial charge on any atom is 0.306 e. The van der Waals surface area contributed by atoms with Crippen molar-refractivity contribution < 1.29 is 14.4 Å². The largest absolute Gasteiger partial charge is 0.481 e. The zero-order chi connectivity index (χ0) is 21.1. The first kappa shape index (κ1) is 19.7. The molecule has 1 aliphatic rings. The van der Waals surface area contributed by atoms with Gasteiger partial charge in [-0.05, 0) is 31.9 Å². The topological polar surface area (TPSA) is 107 Å². The lowest BCUT2D eigenvalue weighted by Gasteiger charge is -1.99. The zero-order valence-corrected chi connectivity index (χ0v) is 16.8. The fourth-order valence-corrected chi connectivity index (χ4v) is 3.77. The number of carbonyl (C=O) groups is 1. The highest BCUT2D eigenvalue weighted by molar-refractivity contribution is 5.81. The van der Waals surface area contributed by atoms with Gasteiger partial charge in [0.25, 0.3) is 0 Å². The van der Waals surface area contributed by atoms with Gasteiger partial charge >= 0.3 is 5.97 Å². The molecular formula is C23H24N4O3. The van der Waals surface area contributed by atoms with E-state index in [4.69, 9.17) is 15.4 Å². The van der Waals surface area contributed by atoms with Crippen LogP contribution in [-0.4, -0.2) is 25.6 Å². The number of imidazole rings is 1. The summed E-state index contributed by atoms with van der Waals surface area (Å²) in [4.78, 5) is 14.9. The Morgan fingerprint density at radius 2 is 1.87 bits per heavy atom. The number of aryl methyl sites for hydroxylation is 1. The molecule has 1 aromatic carbocycles. The van der Waals surface area contributed by atoms with E-state index in [1.165, 1.54) is 0 Å². The normalized spacial score (nSPS) is 13.9. The monoisotopic (exact) mass is 404 g/mol. The summed E-state index contributed by atoms with van der Waals surface area (Å²) in [7, 11) is 0. The summed E-state index contributed by atoms with van der Waals surface area (Å²) in [6.45, 7) is 1.90. The summed E-state index contributed by atoms with van der Waals surface area (Å²) < 4.78 is 7.31. The van der Waals surface area contributed by atoms with Crippen molar-refractivity contribution in [2.45, 2.75) is 32.6 Å². The van der Waals surface area contributed by atoms with E-state index in [9.17, 15) is 4.79 Å². The quantitative estimate of drug-likeness (QED) is 0.507. The molecule has 0 unspecified atom stereocenters. The minimum Gasteiger partial charge on any atom is -0.481 e. The van der Waals surface area contributed by atoms with Gasteiger partial charge in [0.2, 0.25) is 0 Å². The number of fused-ring (bicyclic) bond motifs is 1. The fraction of sp³-hybridized carbons (Fsp3) is 0.261. The first-order valence-corrected chi connectivity index (χ1v) is 10.0. The molecule has 0 aliphatic heterocycles. The fourth-order valence-electron chi connectivity index (χ4n) is 3.77. The number of pyridine rings is 1. The van der Waals surface area contributed by atoms with Crippen LogP contribution < -0.4 is 5.73 Å². The van der Waals surface area contributed by atoms with Crippen molar-refractivity contribution in [1.82, 2.24) is 14.5 Å². The van der Waals surface area contributed by atoms with E-state index in [2.05, 4.69) is 10.1 Å². The van der Waals surface area contributed by atoms with Gasteiger partial charge in [-0.3, -0.25) is 4.79 Å². The van der Waals surface area contributed by atoms with Gasteiger partial charge in [0.1, 0.15) is 17.1 Å². The van der Waals surface area contributed by atoms with Crippen LogP contribution in [0.1, 0.15) is 31.4 Å². The standard InChI is InChI=1S/C17H14N4O.C6H10O2/c1-11-16(17(20-22-11)12-5-3-2-4-6-12)14-10-21-9-13(18)7-8-15(21)19-14;7-6(8)5-3-1-2-4-5/h2-10H,18H2,1H3;5H,1-4H2,(H,7,8). The summed E-state index contributed by atoms with van der Waals surface area (Å²) in [5.74, 6) is 0.118. The average molecular weight is 404 g/mol. The molecule has 1 fully saturated rings. The van der Waals surface area contributed by atoms with Crippen LogP contribution in [0.5, 0.6) is 0 Å². The predicted octanol–water partition coefficient (Wildman–Crippen LogP) is 4.81. The maximum atomic E-state index is 10.2. The summed E-state index contributed by atoms with van der Waals surface area (Å²) in [6.07, 6.45) is 7.80.